The Labute approximate surface area is 181 Å². The van der Waals surface area contributed by atoms with Crippen LogP contribution in [0.4, 0.5) is 0 Å². The Morgan fingerprint density at radius 2 is 1.60 bits per heavy atom. The van der Waals surface area contributed by atoms with Crippen molar-refractivity contribution in [2.24, 2.45) is 11.3 Å². The van der Waals surface area contributed by atoms with Crippen LogP contribution in [0.1, 0.15) is 19.4 Å². The number of carbonyl (C=O) groups excluding carboxylic acids is 1. The fourth-order valence-electron chi connectivity index (χ4n) is 3.47. The Hall–Kier alpha value is -2.98. The van der Waals surface area contributed by atoms with Gasteiger partial charge in [0.2, 0.25) is 0 Å². The SMILES string of the molecule is CC1(C)C(Oc2ccc(Cl)cc2)C1C(=O)OCc1cccc(Oc2ccccc2)c1. The quantitative estimate of drug-likeness (QED) is 0.420. The molecule has 0 bridgehead atoms. The molecule has 5 heteroatoms. The molecule has 154 valence electrons. The summed E-state index contributed by atoms with van der Waals surface area (Å²) in [6.45, 7) is 4.20. The first-order chi connectivity index (χ1) is 14.4. The number of hydrogen-bond acceptors (Lipinski definition) is 4. The Kier molecular flexibility index (Phi) is 5.69. The summed E-state index contributed by atoms with van der Waals surface area (Å²) in [6, 6.07) is 24.2. The highest BCUT2D eigenvalue weighted by Crippen LogP contribution is 2.54. The lowest BCUT2D eigenvalue weighted by Crippen LogP contribution is -2.12. The number of para-hydroxylation sites is 1. The molecule has 1 fully saturated rings. The van der Waals surface area contributed by atoms with Crippen LogP contribution in [0.25, 0.3) is 0 Å². The lowest BCUT2D eigenvalue weighted by molar-refractivity contribution is -0.147. The van der Waals surface area contributed by atoms with Crippen LogP contribution in [0.2, 0.25) is 5.02 Å². The van der Waals surface area contributed by atoms with Crippen molar-refractivity contribution < 1.29 is 19.0 Å². The first-order valence-electron chi connectivity index (χ1n) is 9.84. The summed E-state index contributed by atoms with van der Waals surface area (Å²) in [7, 11) is 0. The maximum atomic E-state index is 12.7. The molecule has 2 atom stereocenters. The van der Waals surface area contributed by atoms with Crippen LogP contribution in [0, 0.1) is 11.3 Å². The summed E-state index contributed by atoms with van der Waals surface area (Å²) < 4.78 is 17.4. The Morgan fingerprint density at radius 3 is 2.33 bits per heavy atom. The van der Waals surface area contributed by atoms with E-state index in [0.29, 0.717) is 16.5 Å². The third-order valence-corrected chi connectivity index (χ3v) is 5.57. The highest BCUT2D eigenvalue weighted by atomic mass is 35.5. The van der Waals surface area contributed by atoms with Crippen LogP contribution >= 0.6 is 11.6 Å². The zero-order chi connectivity index (χ0) is 21.1. The number of carbonyl (C=O) groups is 1. The van der Waals surface area contributed by atoms with Crippen LogP contribution < -0.4 is 9.47 Å². The van der Waals surface area contributed by atoms with Gasteiger partial charge in [-0.3, -0.25) is 4.79 Å². The van der Waals surface area contributed by atoms with Gasteiger partial charge in [0.05, 0.1) is 0 Å². The average Bonchev–Trinajstić information content (AvgIpc) is 3.28. The summed E-state index contributed by atoms with van der Waals surface area (Å²) in [6.07, 6.45) is -0.223. The molecule has 4 nitrogen and oxygen atoms in total. The number of ether oxygens (including phenoxy) is 3. The first-order valence-corrected chi connectivity index (χ1v) is 10.2. The molecule has 1 aliphatic rings. The molecule has 0 aromatic heterocycles. The van der Waals surface area contributed by atoms with E-state index in [2.05, 4.69) is 0 Å². The predicted molar refractivity (Wildman–Crippen MR) is 116 cm³/mol. The predicted octanol–water partition coefficient (Wildman–Crippen LogP) is 6.28. The normalized spacial score (nSPS) is 19.0. The number of esters is 1. The molecule has 0 N–H and O–H groups in total. The summed E-state index contributed by atoms with van der Waals surface area (Å²) in [4.78, 5) is 12.7. The molecule has 3 aromatic carbocycles. The molecule has 2 unspecified atom stereocenters. The minimum absolute atomic E-state index is 0.186. The van der Waals surface area contributed by atoms with E-state index in [1.54, 1.807) is 24.3 Å². The Bertz CT molecular complexity index is 1010. The van der Waals surface area contributed by atoms with E-state index in [4.69, 9.17) is 25.8 Å². The molecule has 3 aromatic rings. The second-order valence-electron chi connectivity index (χ2n) is 7.96. The second-order valence-corrected chi connectivity index (χ2v) is 8.40. The number of halogens is 1. The number of benzene rings is 3. The van der Waals surface area contributed by atoms with E-state index >= 15 is 0 Å². The maximum absolute atomic E-state index is 12.7. The van der Waals surface area contributed by atoms with Crippen LogP contribution in [0.15, 0.2) is 78.9 Å². The molecule has 4 rings (SSSR count). The first kappa shape index (κ1) is 20.3. The third kappa shape index (κ3) is 4.60. The molecule has 0 radical (unpaired) electrons. The fourth-order valence-corrected chi connectivity index (χ4v) is 3.59. The lowest BCUT2D eigenvalue weighted by atomic mass is 10.1. The van der Waals surface area contributed by atoms with E-state index in [0.717, 1.165) is 11.3 Å². The van der Waals surface area contributed by atoms with Crippen LogP contribution in [-0.4, -0.2) is 12.1 Å². The van der Waals surface area contributed by atoms with E-state index in [-0.39, 0.29) is 30.0 Å². The van der Waals surface area contributed by atoms with Gasteiger partial charge in [-0.2, -0.15) is 0 Å². The van der Waals surface area contributed by atoms with Gasteiger partial charge in [-0.15, -0.1) is 0 Å². The van der Waals surface area contributed by atoms with E-state index in [9.17, 15) is 4.79 Å². The maximum Gasteiger partial charge on any atom is 0.313 e. The Balaban J connectivity index is 1.34. The van der Waals surface area contributed by atoms with Crippen molar-refractivity contribution in [2.45, 2.75) is 26.6 Å². The molecule has 1 aliphatic carbocycles. The van der Waals surface area contributed by atoms with Gasteiger partial charge in [0.15, 0.2) is 0 Å². The summed E-state index contributed by atoms with van der Waals surface area (Å²) in [5.74, 6) is 1.59. The van der Waals surface area contributed by atoms with E-state index < -0.39 is 0 Å². The van der Waals surface area contributed by atoms with Crippen LogP contribution in [0.3, 0.4) is 0 Å². The Morgan fingerprint density at radius 1 is 0.900 bits per heavy atom. The van der Waals surface area contributed by atoms with Crippen molar-refractivity contribution in [2.75, 3.05) is 0 Å². The molecule has 1 saturated carbocycles. The van der Waals surface area contributed by atoms with Gasteiger partial charge in [-0.25, -0.2) is 0 Å². The molecule has 0 heterocycles. The van der Waals surface area contributed by atoms with Gasteiger partial charge in [-0.1, -0.05) is 55.8 Å². The lowest BCUT2D eigenvalue weighted by Gasteiger charge is -2.09. The zero-order valence-corrected chi connectivity index (χ0v) is 17.6. The summed E-state index contributed by atoms with van der Waals surface area (Å²) in [5, 5.41) is 0.645. The topological polar surface area (TPSA) is 44.8 Å². The van der Waals surface area contributed by atoms with Gasteiger partial charge < -0.3 is 14.2 Å². The van der Waals surface area contributed by atoms with E-state index in [1.165, 1.54) is 0 Å². The van der Waals surface area contributed by atoms with Gasteiger partial charge in [0.1, 0.15) is 35.9 Å². The van der Waals surface area contributed by atoms with Gasteiger partial charge in [0, 0.05) is 10.4 Å². The molecular formula is C25H23ClO4. The minimum atomic E-state index is -0.308. The highest BCUT2D eigenvalue weighted by Gasteiger charge is 2.65. The largest absolute Gasteiger partial charge is 0.489 e. The van der Waals surface area contributed by atoms with Crippen molar-refractivity contribution in [3.8, 4) is 17.2 Å². The smallest absolute Gasteiger partial charge is 0.313 e. The summed E-state index contributed by atoms with van der Waals surface area (Å²) in [5.41, 5.74) is 0.583. The average molecular weight is 423 g/mol. The molecule has 0 saturated heterocycles. The minimum Gasteiger partial charge on any atom is -0.489 e. The molecule has 0 spiro atoms. The molecule has 0 amide bonds. The summed E-state index contributed by atoms with van der Waals surface area (Å²) >= 11 is 5.92. The van der Waals surface area contributed by atoms with Gasteiger partial charge in [-0.05, 0) is 54.1 Å². The molecule has 0 aliphatic heterocycles. The van der Waals surface area contributed by atoms with E-state index in [1.807, 2.05) is 68.4 Å². The van der Waals surface area contributed by atoms with Crippen molar-refractivity contribution >= 4 is 17.6 Å². The van der Waals surface area contributed by atoms with Gasteiger partial charge in [0.25, 0.3) is 0 Å². The monoisotopic (exact) mass is 422 g/mol. The fraction of sp³-hybridized carbons (Fsp3) is 0.240. The van der Waals surface area contributed by atoms with Crippen molar-refractivity contribution in [3.05, 3.63) is 89.4 Å². The van der Waals surface area contributed by atoms with Gasteiger partial charge >= 0.3 is 5.97 Å². The second kappa shape index (κ2) is 8.41. The van der Waals surface area contributed by atoms with Crippen molar-refractivity contribution in [3.63, 3.8) is 0 Å². The number of rotatable bonds is 7. The number of hydrogen-bond donors (Lipinski definition) is 0. The van der Waals surface area contributed by atoms with Crippen LogP contribution in [-0.2, 0) is 16.1 Å². The zero-order valence-electron chi connectivity index (χ0n) is 16.9. The standard InChI is InChI=1S/C25H23ClO4/c1-25(2)22(23(25)30-20-13-11-18(26)12-14-20)24(27)28-16-17-7-6-10-21(15-17)29-19-8-4-3-5-9-19/h3-15,22-23H,16H2,1-2H3. The van der Waals surface area contributed by atoms with Crippen LogP contribution in [0.5, 0.6) is 17.2 Å². The molecular weight excluding hydrogens is 400 g/mol. The van der Waals surface area contributed by atoms with Crippen molar-refractivity contribution in [1.29, 1.82) is 0 Å². The molecule has 30 heavy (non-hydrogen) atoms. The van der Waals surface area contributed by atoms with Crippen molar-refractivity contribution in [1.82, 2.24) is 0 Å². The highest BCUT2D eigenvalue weighted by molar-refractivity contribution is 6.30. The third-order valence-electron chi connectivity index (χ3n) is 5.32.